The van der Waals surface area contributed by atoms with Crippen molar-refractivity contribution in [1.29, 1.82) is 0 Å². The standard InChI is InChI=1S/C14H18N2O5S/c1-9(13(15)17)21-14(18)12-7-10-5-3-4-6-11(10)8-16(12)22(2,19)20/h3-6,9,12H,7-8H2,1-2H3,(H2,15,17)/t9-,12-/m0/s1. The van der Waals surface area contributed by atoms with E-state index in [4.69, 9.17) is 10.5 Å². The van der Waals surface area contributed by atoms with Crippen LogP contribution in [0.25, 0.3) is 0 Å². The van der Waals surface area contributed by atoms with Gasteiger partial charge >= 0.3 is 5.97 Å². The molecule has 2 N–H and O–H groups in total. The minimum Gasteiger partial charge on any atom is -0.451 e. The van der Waals surface area contributed by atoms with Crippen LogP contribution in [0.15, 0.2) is 24.3 Å². The zero-order valence-corrected chi connectivity index (χ0v) is 13.2. The Balaban J connectivity index is 2.31. The van der Waals surface area contributed by atoms with E-state index in [1.165, 1.54) is 6.92 Å². The molecule has 0 aromatic heterocycles. The maximum absolute atomic E-state index is 12.2. The van der Waals surface area contributed by atoms with Crippen molar-refractivity contribution < 1.29 is 22.7 Å². The fraction of sp³-hybridized carbons (Fsp3) is 0.429. The Morgan fingerprint density at radius 3 is 2.45 bits per heavy atom. The van der Waals surface area contributed by atoms with Gasteiger partial charge in [0.25, 0.3) is 5.91 Å². The highest BCUT2D eigenvalue weighted by Crippen LogP contribution is 2.26. The average molecular weight is 326 g/mol. The highest BCUT2D eigenvalue weighted by molar-refractivity contribution is 7.88. The first-order chi connectivity index (χ1) is 10.2. The van der Waals surface area contributed by atoms with Crippen LogP contribution < -0.4 is 5.73 Å². The first-order valence-corrected chi connectivity index (χ1v) is 8.58. The highest BCUT2D eigenvalue weighted by atomic mass is 32.2. The summed E-state index contributed by atoms with van der Waals surface area (Å²) in [5, 5.41) is 0. The van der Waals surface area contributed by atoms with Gasteiger partial charge in [0.05, 0.1) is 6.26 Å². The van der Waals surface area contributed by atoms with Crippen molar-refractivity contribution >= 4 is 21.9 Å². The van der Waals surface area contributed by atoms with E-state index >= 15 is 0 Å². The molecule has 0 saturated carbocycles. The topological polar surface area (TPSA) is 107 Å². The van der Waals surface area contributed by atoms with Crippen LogP contribution >= 0.6 is 0 Å². The first-order valence-electron chi connectivity index (χ1n) is 6.73. The maximum atomic E-state index is 12.2. The number of carbonyl (C=O) groups excluding carboxylic acids is 2. The quantitative estimate of drug-likeness (QED) is 0.771. The number of rotatable bonds is 4. The zero-order valence-electron chi connectivity index (χ0n) is 12.4. The predicted octanol–water partition coefficient (Wildman–Crippen LogP) is -0.210. The fourth-order valence-corrected chi connectivity index (χ4v) is 3.36. The molecule has 0 aliphatic carbocycles. The number of hydrogen-bond acceptors (Lipinski definition) is 5. The highest BCUT2D eigenvalue weighted by Gasteiger charge is 2.38. The number of primary amides is 1. The summed E-state index contributed by atoms with van der Waals surface area (Å²) in [7, 11) is -3.60. The Morgan fingerprint density at radius 2 is 1.91 bits per heavy atom. The lowest BCUT2D eigenvalue weighted by Crippen LogP contribution is -2.50. The number of nitrogens with zero attached hydrogens (tertiary/aromatic N) is 1. The Hall–Kier alpha value is -1.93. The first kappa shape index (κ1) is 16.4. The molecule has 0 spiro atoms. The second-order valence-corrected chi connectivity index (χ2v) is 7.21. The number of amides is 1. The molecule has 0 fully saturated rings. The molecule has 22 heavy (non-hydrogen) atoms. The maximum Gasteiger partial charge on any atom is 0.325 e. The van der Waals surface area contributed by atoms with Crippen molar-refractivity contribution in [1.82, 2.24) is 4.31 Å². The molecule has 1 heterocycles. The van der Waals surface area contributed by atoms with Gasteiger partial charge in [-0.25, -0.2) is 8.42 Å². The molecule has 1 aromatic carbocycles. The van der Waals surface area contributed by atoms with Crippen LogP contribution in [-0.4, -0.2) is 43.0 Å². The lowest BCUT2D eigenvalue weighted by Gasteiger charge is -2.33. The van der Waals surface area contributed by atoms with Gasteiger partial charge in [0.1, 0.15) is 6.04 Å². The van der Waals surface area contributed by atoms with Gasteiger partial charge < -0.3 is 10.5 Å². The number of esters is 1. The van der Waals surface area contributed by atoms with E-state index in [2.05, 4.69) is 0 Å². The van der Waals surface area contributed by atoms with Gasteiger partial charge in [0.2, 0.25) is 10.0 Å². The summed E-state index contributed by atoms with van der Waals surface area (Å²) in [6, 6.07) is 6.30. The molecule has 2 rings (SSSR count). The minimum absolute atomic E-state index is 0.0970. The molecule has 0 radical (unpaired) electrons. The molecule has 0 bridgehead atoms. The number of benzene rings is 1. The van der Waals surface area contributed by atoms with Crippen LogP contribution in [0.3, 0.4) is 0 Å². The summed E-state index contributed by atoms with van der Waals surface area (Å²) in [6.45, 7) is 1.45. The number of fused-ring (bicyclic) bond motifs is 1. The molecule has 8 heteroatoms. The third-order valence-electron chi connectivity index (χ3n) is 3.60. The van der Waals surface area contributed by atoms with E-state index in [-0.39, 0.29) is 13.0 Å². The molecule has 1 aromatic rings. The minimum atomic E-state index is -3.60. The van der Waals surface area contributed by atoms with Crippen LogP contribution in [0.4, 0.5) is 0 Å². The van der Waals surface area contributed by atoms with Crippen LogP contribution in [0.1, 0.15) is 18.1 Å². The number of hydrogen-bond donors (Lipinski definition) is 1. The van der Waals surface area contributed by atoms with E-state index in [9.17, 15) is 18.0 Å². The molecule has 0 unspecified atom stereocenters. The van der Waals surface area contributed by atoms with Crippen molar-refractivity contribution in [3.05, 3.63) is 35.4 Å². The molecular formula is C14H18N2O5S. The number of ether oxygens (including phenoxy) is 1. The third-order valence-corrected chi connectivity index (χ3v) is 4.83. The number of carbonyl (C=O) groups is 2. The van der Waals surface area contributed by atoms with Gasteiger partial charge in [-0.3, -0.25) is 9.59 Å². The second kappa shape index (κ2) is 6.05. The largest absolute Gasteiger partial charge is 0.451 e. The van der Waals surface area contributed by atoms with Crippen LogP contribution in [-0.2, 0) is 37.3 Å². The van der Waals surface area contributed by atoms with Crippen molar-refractivity contribution in [3.63, 3.8) is 0 Å². The predicted molar refractivity (Wildman–Crippen MR) is 79.1 cm³/mol. The fourth-order valence-electron chi connectivity index (χ4n) is 2.36. The lowest BCUT2D eigenvalue weighted by molar-refractivity contribution is -0.157. The van der Waals surface area contributed by atoms with E-state index < -0.39 is 34.0 Å². The molecule has 1 aliphatic rings. The van der Waals surface area contributed by atoms with Crippen molar-refractivity contribution in [2.45, 2.75) is 32.0 Å². The zero-order chi connectivity index (χ0) is 16.5. The van der Waals surface area contributed by atoms with E-state index in [0.29, 0.717) is 0 Å². The van der Waals surface area contributed by atoms with Crippen molar-refractivity contribution in [2.75, 3.05) is 6.26 Å². The third kappa shape index (κ3) is 3.45. The SMILES string of the molecule is C[C@H](OC(=O)[C@@H]1Cc2ccccc2CN1S(C)(=O)=O)C(N)=O. The normalized spacial score (nSPS) is 20.0. The molecule has 7 nitrogen and oxygen atoms in total. The monoisotopic (exact) mass is 326 g/mol. The Bertz CT molecular complexity index is 701. The number of nitrogens with two attached hydrogens (primary N) is 1. The van der Waals surface area contributed by atoms with Crippen molar-refractivity contribution in [3.8, 4) is 0 Å². The average Bonchev–Trinajstić information content (AvgIpc) is 2.44. The Labute approximate surface area is 129 Å². The summed E-state index contributed by atoms with van der Waals surface area (Å²) < 4.78 is 30.0. The molecule has 120 valence electrons. The van der Waals surface area contributed by atoms with Gasteiger partial charge in [-0.2, -0.15) is 4.31 Å². The van der Waals surface area contributed by atoms with E-state index in [1.54, 1.807) is 0 Å². The van der Waals surface area contributed by atoms with Gasteiger partial charge in [-0.05, 0) is 18.1 Å². The Morgan fingerprint density at radius 1 is 1.32 bits per heavy atom. The molecule has 1 aliphatic heterocycles. The van der Waals surface area contributed by atoms with Crippen molar-refractivity contribution in [2.24, 2.45) is 5.73 Å². The van der Waals surface area contributed by atoms with E-state index in [1.807, 2.05) is 24.3 Å². The summed E-state index contributed by atoms with van der Waals surface area (Å²) in [6.07, 6.45) is 0.137. The van der Waals surface area contributed by atoms with Gasteiger partial charge in [0, 0.05) is 13.0 Å². The summed E-state index contributed by atoms with van der Waals surface area (Å²) in [4.78, 5) is 23.3. The molecular weight excluding hydrogens is 308 g/mol. The molecule has 2 atom stereocenters. The van der Waals surface area contributed by atoms with Gasteiger partial charge in [-0.1, -0.05) is 24.3 Å². The van der Waals surface area contributed by atoms with Gasteiger partial charge in [0.15, 0.2) is 6.10 Å². The van der Waals surface area contributed by atoms with Crippen LogP contribution in [0, 0.1) is 0 Å². The molecule has 0 saturated heterocycles. The lowest BCUT2D eigenvalue weighted by atomic mass is 9.96. The summed E-state index contributed by atoms with van der Waals surface area (Å²) >= 11 is 0. The van der Waals surface area contributed by atoms with Gasteiger partial charge in [-0.15, -0.1) is 0 Å². The summed E-state index contributed by atoms with van der Waals surface area (Å²) in [5.41, 5.74) is 6.80. The number of sulfonamides is 1. The molecule has 1 amide bonds. The smallest absolute Gasteiger partial charge is 0.325 e. The second-order valence-electron chi connectivity index (χ2n) is 5.28. The van der Waals surface area contributed by atoms with E-state index in [0.717, 1.165) is 21.7 Å². The van der Waals surface area contributed by atoms with Crippen LogP contribution in [0.5, 0.6) is 0 Å². The Kier molecular flexibility index (Phi) is 4.52. The summed E-state index contributed by atoms with van der Waals surface area (Å²) in [5.74, 6) is -1.55. The van der Waals surface area contributed by atoms with Crippen LogP contribution in [0.2, 0.25) is 0 Å².